The van der Waals surface area contributed by atoms with Crippen LogP contribution in [0.4, 0.5) is 0 Å². The monoisotopic (exact) mass is 372 g/mol. The van der Waals surface area contributed by atoms with Crippen LogP contribution in [0.15, 0.2) is 82.2 Å². The Morgan fingerprint density at radius 1 is 0.857 bits per heavy atom. The van der Waals surface area contributed by atoms with Crippen molar-refractivity contribution in [2.24, 2.45) is 0 Å². The summed E-state index contributed by atoms with van der Waals surface area (Å²) >= 11 is 0. The molecule has 0 saturated heterocycles. The number of hydrogen-bond acceptors (Lipinski definition) is 4. The highest BCUT2D eigenvalue weighted by Gasteiger charge is 2.10. The lowest BCUT2D eigenvalue weighted by Gasteiger charge is -2.09. The Kier molecular flexibility index (Phi) is 4.85. The molecule has 28 heavy (non-hydrogen) atoms. The van der Waals surface area contributed by atoms with E-state index in [9.17, 15) is 4.79 Å². The van der Waals surface area contributed by atoms with E-state index in [1.807, 2.05) is 56.3 Å². The predicted molar refractivity (Wildman–Crippen MR) is 109 cm³/mol. The van der Waals surface area contributed by atoms with E-state index in [2.05, 4.69) is 6.07 Å². The van der Waals surface area contributed by atoms with Gasteiger partial charge in [-0.05, 0) is 43.7 Å². The van der Waals surface area contributed by atoms with Crippen LogP contribution in [-0.4, -0.2) is 0 Å². The van der Waals surface area contributed by atoms with Crippen molar-refractivity contribution in [2.75, 3.05) is 0 Å². The van der Waals surface area contributed by atoms with Gasteiger partial charge in [0.05, 0.1) is 5.39 Å². The average molecular weight is 372 g/mol. The molecule has 4 heteroatoms. The van der Waals surface area contributed by atoms with Gasteiger partial charge in [-0.2, -0.15) is 0 Å². The first-order valence-electron chi connectivity index (χ1n) is 9.07. The minimum absolute atomic E-state index is 0.157. The molecule has 0 saturated carbocycles. The van der Waals surface area contributed by atoms with Gasteiger partial charge in [-0.3, -0.25) is 4.79 Å². The van der Waals surface area contributed by atoms with Crippen LogP contribution in [0.5, 0.6) is 17.2 Å². The summed E-state index contributed by atoms with van der Waals surface area (Å²) in [7, 11) is 0. The van der Waals surface area contributed by atoms with Crippen LogP contribution < -0.4 is 14.9 Å². The molecule has 0 radical (unpaired) electrons. The maximum absolute atomic E-state index is 12.7. The molecule has 3 aromatic carbocycles. The first-order valence-corrected chi connectivity index (χ1v) is 9.07. The van der Waals surface area contributed by atoms with Crippen molar-refractivity contribution in [3.05, 3.63) is 99.9 Å². The molecule has 4 rings (SSSR count). The van der Waals surface area contributed by atoms with Gasteiger partial charge in [0.2, 0.25) is 11.2 Å². The zero-order valence-electron chi connectivity index (χ0n) is 15.8. The van der Waals surface area contributed by atoms with E-state index in [0.29, 0.717) is 29.1 Å². The topological polar surface area (TPSA) is 48.7 Å². The first-order chi connectivity index (χ1) is 13.6. The Balaban J connectivity index is 1.55. The summed E-state index contributed by atoms with van der Waals surface area (Å²) in [6.45, 7) is 4.49. The SMILES string of the molecule is Cc1ccc(Oc2coc3cc(OCc4cccc(C)c4)ccc3c2=O)cc1. The summed E-state index contributed by atoms with van der Waals surface area (Å²) in [5.41, 5.74) is 3.64. The Labute approximate surface area is 163 Å². The number of benzene rings is 3. The van der Waals surface area contributed by atoms with E-state index in [0.717, 1.165) is 11.1 Å². The molecular weight excluding hydrogens is 352 g/mol. The molecule has 0 bridgehead atoms. The zero-order valence-corrected chi connectivity index (χ0v) is 15.8. The van der Waals surface area contributed by atoms with Gasteiger partial charge in [0, 0.05) is 6.07 Å². The fraction of sp³-hybridized carbons (Fsp3) is 0.125. The highest BCUT2D eigenvalue weighted by atomic mass is 16.5. The van der Waals surface area contributed by atoms with Gasteiger partial charge in [0.25, 0.3) is 0 Å². The number of ether oxygens (including phenoxy) is 2. The smallest absolute Gasteiger partial charge is 0.235 e. The van der Waals surface area contributed by atoms with Crippen molar-refractivity contribution in [2.45, 2.75) is 20.5 Å². The van der Waals surface area contributed by atoms with E-state index in [1.54, 1.807) is 18.2 Å². The molecule has 0 atom stereocenters. The Bertz CT molecular complexity index is 1170. The lowest BCUT2D eigenvalue weighted by Crippen LogP contribution is -2.05. The maximum atomic E-state index is 12.7. The van der Waals surface area contributed by atoms with Crippen LogP contribution in [0, 0.1) is 13.8 Å². The second-order valence-corrected chi connectivity index (χ2v) is 6.78. The Morgan fingerprint density at radius 2 is 1.64 bits per heavy atom. The summed E-state index contributed by atoms with van der Waals surface area (Å²) in [5.74, 6) is 1.39. The molecule has 0 spiro atoms. The minimum atomic E-state index is -0.216. The largest absolute Gasteiger partial charge is 0.489 e. The van der Waals surface area contributed by atoms with Crippen LogP contribution in [0.2, 0.25) is 0 Å². The summed E-state index contributed by atoms with van der Waals surface area (Å²) < 4.78 is 17.1. The standard InChI is InChI=1S/C24H20O4/c1-16-6-8-19(9-7-16)28-23-15-27-22-13-20(10-11-21(22)24(23)25)26-14-18-5-3-4-17(2)12-18/h3-13,15H,14H2,1-2H3. The second-order valence-electron chi connectivity index (χ2n) is 6.78. The van der Waals surface area contributed by atoms with Gasteiger partial charge < -0.3 is 13.9 Å². The molecule has 4 nitrogen and oxygen atoms in total. The third-order valence-corrected chi connectivity index (χ3v) is 4.45. The van der Waals surface area contributed by atoms with Gasteiger partial charge in [0.1, 0.15) is 30.0 Å². The fourth-order valence-electron chi connectivity index (χ4n) is 2.95. The molecule has 1 heterocycles. The molecule has 0 aliphatic heterocycles. The molecule has 4 aromatic rings. The highest BCUT2D eigenvalue weighted by molar-refractivity contribution is 5.79. The maximum Gasteiger partial charge on any atom is 0.235 e. The lowest BCUT2D eigenvalue weighted by molar-refractivity contribution is 0.306. The van der Waals surface area contributed by atoms with Crippen LogP contribution in [0.3, 0.4) is 0 Å². The Hall–Kier alpha value is -3.53. The van der Waals surface area contributed by atoms with Crippen molar-refractivity contribution in [1.82, 2.24) is 0 Å². The summed E-state index contributed by atoms with van der Waals surface area (Å²) in [6.07, 6.45) is 1.34. The van der Waals surface area contributed by atoms with Crippen molar-refractivity contribution in [3.8, 4) is 17.2 Å². The molecule has 0 amide bonds. The normalized spacial score (nSPS) is 10.8. The van der Waals surface area contributed by atoms with Gasteiger partial charge in [-0.25, -0.2) is 0 Å². The minimum Gasteiger partial charge on any atom is -0.489 e. The fourth-order valence-corrected chi connectivity index (χ4v) is 2.95. The van der Waals surface area contributed by atoms with Gasteiger partial charge in [-0.1, -0.05) is 47.5 Å². The lowest BCUT2D eigenvalue weighted by atomic mass is 10.1. The molecule has 0 fully saturated rings. The third kappa shape index (κ3) is 3.91. The molecule has 140 valence electrons. The van der Waals surface area contributed by atoms with E-state index < -0.39 is 0 Å². The molecule has 1 aromatic heterocycles. The zero-order chi connectivity index (χ0) is 19.5. The van der Waals surface area contributed by atoms with E-state index >= 15 is 0 Å². The number of aryl methyl sites for hydroxylation is 2. The summed E-state index contributed by atoms with van der Waals surface area (Å²) in [5, 5.41) is 0.451. The van der Waals surface area contributed by atoms with Crippen molar-refractivity contribution in [1.29, 1.82) is 0 Å². The van der Waals surface area contributed by atoms with Crippen LogP contribution in [0.1, 0.15) is 16.7 Å². The van der Waals surface area contributed by atoms with Crippen molar-refractivity contribution in [3.63, 3.8) is 0 Å². The van der Waals surface area contributed by atoms with Crippen molar-refractivity contribution >= 4 is 11.0 Å². The summed E-state index contributed by atoms with van der Waals surface area (Å²) in [4.78, 5) is 12.7. The van der Waals surface area contributed by atoms with Crippen LogP contribution >= 0.6 is 0 Å². The van der Waals surface area contributed by atoms with Crippen molar-refractivity contribution < 1.29 is 13.9 Å². The number of fused-ring (bicyclic) bond motifs is 1. The third-order valence-electron chi connectivity index (χ3n) is 4.45. The van der Waals surface area contributed by atoms with Gasteiger partial charge in [0.15, 0.2) is 0 Å². The predicted octanol–water partition coefficient (Wildman–Crippen LogP) is 5.78. The Morgan fingerprint density at radius 3 is 2.43 bits per heavy atom. The first kappa shape index (κ1) is 17.9. The van der Waals surface area contributed by atoms with Gasteiger partial charge in [-0.15, -0.1) is 0 Å². The van der Waals surface area contributed by atoms with E-state index in [-0.39, 0.29) is 11.2 Å². The van der Waals surface area contributed by atoms with E-state index in [1.165, 1.54) is 11.8 Å². The number of hydrogen-bond donors (Lipinski definition) is 0. The molecule has 0 unspecified atom stereocenters. The molecule has 0 aliphatic carbocycles. The molecule has 0 aliphatic rings. The molecule has 0 N–H and O–H groups in total. The molecular formula is C24H20O4. The highest BCUT2D eigenvalue weighted by Crippen LogP contribution is 2.24. The van der Waals surface area contributed by atoms with Crippen LogP contribution in [0.25, 0.3) is 11.0 Å². The second kappa shape index (κ2) is 7.61. The van der Waals surface area contributed by atoms with E-state index in [4.69, 9.17) is 13.9 Å². The number of rotatable bonds is 5. The summed E-state index contributed by atoms with van der Waals surface area (Å²) in [6, 6.07) is 20.8. The van der Waals surface area contributed by atoms with Crippen LogP contribution in [-0.2, 0) is 6.61 Å². The van der Waals surface area contributed by atoms with Gasteiger partial charge >= 0.3 is 0 Å². The average Bonchev–Trinajstić information content (AvgIpc) is 2.70. The quantitative estimate of drug-likeness (QED) is 0.445.